The molecule has 1 aromatic heterocycles. The molecule has 0 aliphatic rings. The fraction of sp³-hybridized carbons (Fsp3) is 0.312. The van der Waals surface area contributed by atoms with Crippen LogP contribution in [0.5, 0.6) is 5.75 Å². The van der Waals surface area contributed by atoms with Gasteiger partial charge in [-0.05, 0) is 38.1 Å². The third-order valence-corrected chi connectivity index (χ3v) is 3.82. The maximum atomic E-state index is 11.8. The quantitative estimate of drug-likeness (QED) is 0.591. The Morgan fingerprint density at radius 3 is 2.83 bits per heavy atom. The van der Waals surface area contributed by atoms with Crippen molar-refractivity contribution in [3.63, 3.8) is 0 Å². The molecule has 0 radical (unpaired) electrons. The molecule has 0 bridgehead atoms. The van der Waals surface area contributed by atoms with Gasteiger partial charge in [-0.25, -0.2) is 0 Å². The average Bonchev–Trinajstić information content (AvgIpc) is 3.02. The number of thioether (sulfide) groups is 1. The number of nitrogens with zero attached hydrogens (tertiary/aromatic N) is 2. The SMILES string of the molecule is C=CCNC(=O)[C@H](C)Sc1nnc(-c2ccc(OCC)cc2)o1. The van der Waals surface area contributed by atoms with Gasteiger partial charge in [-0.1, -0.05) is 17.8 Å². The van der Waals surface area contributed by atoms with E-state index >= 15 is 0 Å². The molecule has 0 saturated carbocycles. The van der Waals surface area contributed by atoms with Gasteiger partial charge in [-0.15, -0.1) is 16.8 Å². The molecule has 1 aromatic carbocycles. The number of carbonyl (C=O) groups excluding carboxylic acids is 1. The number of amides is 1. The van der Waals surface area contributed by atoms with Crippen molar-refractivity contribution in [2.75, 3.05) is 13.2 Å². The summed E-state index contributed by atoms with van der Waals surface area (Å²) in [6, 6.07) is 7.41. The Bertz CT molecular complexity index is 655. The van der Waals surface area contributed by atoms with Crippen LogP contribution >= 0.6 is 11.8 Å². The van der Waals surface area contributed by atoms with Crippen molar-refractivity contribution < 1.29 is 13.9 Å². The van der Waals surface area contributed by atoms with Gasteiger partial charge in [0.05, 0.1) is 11.9 Å². The van der Waals surface area contributed by atoms with Gasteiger partial charge in [0.25, 0.3) is 5.22 Å². The minimum Gasteiger partial charge on any atom is -0.494 e. The fourth-order valence-electron chi connectivity index (χ4n) is 1.76. The Morgan fingerprint density at radius 1 is 1.43 bits per heavy atom. The van der Waals surface area contributed by atoms with Crippen molar-refractivity contribution >= 4 is 17.7 Å². The zero-order valence-corrected chi connectivity index (χ0v) is 13.9. The molecule has 1 heterocycles. The summed E-state index contributed by atoms with van der Waals surface area (Å²) in [5.41, 5.74) is 0.802. The van der Waals surface area contributed by atoms with Gasteiger partial charge in [0.15, 0.2) is 0 Å². The Labute approximate surface area is 139 Å². The summed E-state index contributed by atoms with van der Waals surface area (Å²) in [5.74, 6) is 1.10. The third kappa shape index (κ3) is 4.85. The standard InChI is InChI=1S/C16H19N3O3S/c1-4-10-17-14(20)11(3)23-16-19-18-15(22-16)12-6-8-13(9-7-12)21-5-2/h4,6-9,11H,1,5,10H2,2-3H3,(H,17,20)/t11-/m0/s1. The molecule has 1 N–H and O–H groups in total. The first-order chi connectivity index (χ1) is 11.1. The molecule has 7 heteroatoms. The van der Waals surface area contributed by atoms with E-state index < -0.39 is 0 Å². The van der Waals surface area contributed by atoms with Gasteiger partial charge in [0.1, 0.15) is 5.75 Å². The number of nitrogens with one attached hydrogen (secondary N) is 1. The van der Waals surface area contributed by atoms with E-state index in [9.17, 15) is 4.79 Å². The number of hydrogen-bond donors (Lipinski definition) is 1. The van der Waals surface area contributed by atoms with Gasteiger partial charge in [-0.2, -0.15) is 0 Å². The predicted octanol–water partition coefficient (Wildman–Crippen LogP) is 2.92. The highest BCUT2D eigenvalue weighted by atomic mass is 32.2. The van der Waals surface area contributed by atoms with Gasteiger partial charge in [0, 0.05) is 12.1 Å². The highest BCUT2D eigenvalue weighted by Gasteiger charge is 2.18. The zero-order valence-electron chi connectivity index (χ0n) is 13.1. The predicted molar refractivity (Wildman–Crippen MR) is 89.4 cm³/mol. The smallest absolute Gasteiger partial charge is 0.277 e. The second-order valence-corrected chi connectivity index (χ2v) is 5.92. The van der Waals surface area contributed by atoms with E-state index in [1.54, 1.807) is 13.0 Å². The third-order valence-electron chi connectivity index (χ3n) is 2.89. The van der Waals surface area contributed by atoms with Crippen molar-refractivity contribution in [3.05, 3.63) is 36.9 Å². The second kappa shape index (κ2) is 8.38. The van der Waals surface area contributed by atoms with E-state index in [1.165, 1.54) is 11.8 Å². The van der Waals surface area contributed by atoms with Crippen LogP contribution in [0.15, 0.2) is 46.6 Å². The van der Waals surface area contributed by atoms with Crippen LogP contribution in [0.25, 0.3) is 11.5 Å². The van der Waals surface area contributed by atoms with Gasteiger partial charge >= 0.3 is 0 Å². The number of ether oxygens (including phenoxy) is 1. The van der Waals surface area contributed by atoms with Crippen molar-refractivity contribution in [1.82, 2.24) is 15.5 Å². The molecule has 0 spiro atoms. The zero-order chi connectivity index (χ0) is 16.7. The Kier molecular flexibility index (Phi) is 6.22. The summed E-state index contributed by atoms with van der Waals surface area (Å²) < 4.78 is 11.0. The molecule has 0 aliphatic carbocycles. The topological polar surface area (TPSA) is 77.2 Å². The van der Waals surface area contributed by atoms with Crippen molar-refractivity contribution in [3.8, 4) is 17.2 Å². The summed E-state index contributed by atoms with van der Waals surface area (Å²) in [7, 11) is 0. The van der Waals surface area contributed by atoms with Crippen LogP contribution in [0.4, 0.5) is 0 Å². The molecule has 0 saturated heterocycles. The highest BCUT2D eigenvalue weighted by Crippen LogP contribution is 2.27. The summed E-state index contributed by atoms with van der Waals surface area (Å²) in [6.45, 7) is 8.33. The molecule has 0 aliphatic heterocycles. The molecule has 2 rings (SSSR count). The Hall–Kier alpha value is -2.28. The van der Waals surface area contributed by atoms with E-state index in [4.69, 9.17) is 9.15 Å². The Balaban J connectivity index is 1.99. The minimum atomic E-state index is -0.330. The molecule has 1 amide bonds. The summed E-state index contributed by atoms with van der Waals surface area (Å²) in [4.78, 5) is 11.8. The maximum Gasteiger partial charge on any atom is 0.277 e. The largest absolute Gasteiger partial charge is 0.494 e. The van der Waals surface area contributed by atoms with Gasteiger partial charge in [-0.3, -0.25) is 4.79 Å². The maximum absolute atomic E-state index is 11.8. The van der Waals surface area contributed by atoms with Crippen LogP contribution < -0.4 is 10.1 Å². The molecule has 23 heavy (non-hydrogen) atoms. The fourth-order valence-corrected chi connectivity index (χ4v) is 2.46. The molecule has 2 aromatic rings. The van der Waals surface area contributed by atoms with Crippen LogP contribution in [0.1, 0.15) is 13.8 Å². The first-order valence-corrected chi connectivity index (χ1v) is 8.14. The molecule has 0 unspecified atom stereocenters. The number of aromatic nitrogens is 2. The van der Waals surface area contributed by atoms with Crippen LogP contribution in [0.3, 0.4) is 0 Å². The monoisotopic (exact) mass is 333 g/mol. The highest BCUT2D eigenvalue weighted by molar-refractivity contribution is 8.00. The lowest BCUT2D eigenvalue weighted by molar-refractivity contribution is -0.120. The molecule has 122 valence electrons. The summed E-state index contributed by atoms with van der Waals surface area (Å²) in [6.07, 6.45) is 1.63. The summed E-state index contributed by atoms with van der Waals surface area (Å²) >= 11 is 1.22. The Morgan fingerprint density at radius 2 is 2.17 bits per heavy atom. The number of hydrogen-bond acceptors (Lipinski definition) is 6. The first-order valence-electron chi connectivity index (χ1n) is 7.26. The van der Waals surface area contributed by atoms with Crippen LogP contribution in [0, 0.1) is 0 Å². The van der Waals surface area contributed by atoms with E-state index in [1.807, 2.05) is 31.2 Å². The van der Waals surface area contributed by atoms with Crippen molar-refractivity contribution in [1.29, 1.82) is 0 Å². The normalized spacial score (nSPS) is 11.7. The molecule has 1 atom stereocenters. The second-order valence-electron chi connectivity index (χ2n) is 4.62. The van der Waals surface area contributed by atoms with Crippen molar-refractivity contribution in [2.24, 2.45) is 0 Å². The molecule has 0 fully saturated rings. The van der Waals surface area contributed by atoms with Gasteiger partial charge < -0.3 is 14.5 Å². The molecular formula is C16H19N3O3S. The van der Waals surface area contributed by atoms with E-state index in [2.05, 4.69) is 22.1 Å². The van der Waals surface area contributed by atoms with Crippen LogP contribution in [-0.4, -0.2) is 34.5 Å². The van der Waals surface area contributed by atoms with Gasteiger partial charge in [0.2, 0.25) is 11.8 Å². The lowest BCUT2D eigenvalue weighted by Crippen LogP contribution is -2.30. The summed E-state index contributed by atoms with van der Waals surface area (Å²) in [5, 5.41) is 10.7. The molecular weight excluding hydrogens is 314 g/mol. The van der Waals surface area contributed by atoms with E-state index in [0.717, 1.165) is 11.3 Å². The number of carbonyl (C=O) groups is 1. The van der Waals surface area contributed by atoms with Crippen molar-refractivity contribution in [2.45, 2.75) is 24.3 Å². The minimum absolute atomic E-state index is 0.101. The lowest BCUT2D eigenvalue weighted by atomic mass is 10.2. The average molecular weight is 333 g/mol. The van der Waals surface area contributed by atoms with E-state index in [-0.39, 0.29) is 11.2 Å². The number of benzene rings is 1. The molecule has 6 nitrogen and oxygen atoms in total. The van der Waals surface area contributed by atoms with Crippen LogP contribution in [0.2, 0.25) is 0 Å². The first kappa shape index (κ1) is 17.1. The van der Waals surface area contributed by atoms with Crippen LogP contribution in [-0.2, 0) is 4.79 Å². The van der Waals surface area contributed by atoms with E-state index in [0.29, 0.717) is 24.3 Å². The number of rotatable bonds is 8. The lowest BCUT2D eigenvalue weighted by Gasteiger charge is -2.07.